The maximum atomic E-state index is 13.1. The van der Waals surface area contributed by atoms with Gasteiger partial charge in [-0.1, -0.05) is 80.4 Å². The van der Waals surface area contributed by atoms with Gasteiger partial charge in [-0.2, -0.15) is 5.06 Å². The van der Waals surface area contributed by atoms with Crippen LogP contribution in [0.15, 0.2) is 47.4 Å². The molecule has 1 heterocycles. The number of fused-ring (bicyclic) bond motifs is 1. The minimum absolute atomic E-state index is 0.0234. The molecule has 3 rings (SSSR count). The van der Waals surface area contributed by atoms with E-state index in [2.05, 4.69) is 18.8 Å². The summed E-state index contributed by atoms with van der Waals surface area (Å²) in [6.45, 7) is 16.2. The van der Waals surface area contributed by atoms with Gasteiger partial charge in [0.25, 0.3) is 5.91 Å². The van der Waals surface area contributed by atoms with Crippen molar-refractivity contribution < 1.29 is 15.1 Å². The Hall–Kier alpha value is -3.12. The highest BCUT2D eigenvalue weighted by Crippen LogP contribution is 2.40. The van der Waals surface area contributed by atoms with Crippen LogP contribution in [0.1, 0.15) is 89.7 Å². The summed E-state index contributed by atoms with van der Waals surface area (Å²) in [5.74, 6) is -0.889. The minimum atomic E-state index is -0.865. The number of nitrogens with one attached hydrogen (secondary N) is 1. The lowest BCUT2D eigenvalue weighted by Crippen LogP contribution is -2.33. The molecule has 184 valence electrons. The Bertz CT molecular complexity index is 1210. The third kappa shape index (κ3) is 5.86. The van der Waals surface area contributed by atoms with E-state index in [1.54, 1.807) is 24.3 Å². The molecule has 6 heteroatoms. The van der Waals surface area contributed by atoms with Gasteiger partial charge in [0.1, 0.15) is 11.3 Å². The van der Waals surface area contributed by atoms with Crippen molar-refractivity contribution in [2.24, 2.45) is 0 Å². The van der Waals surface area contributed by atoms with Gasteiger partial charge >= 0.3 is 0 Å². The average molecular weight is 467 g/mol. The van der Waals surface area contributed by atoms with Crippen LogP contribution in [0.3, 0.4) is 0 Å². The molecule has 2 aromatic carbocycles. The number of phenols is 1. The number of benzene rings is 2. The van der Waals surface area contributed by atoms with Crippen molar-refractivity contribution in [2.45, 2.75) is 79.1 Å². The Morgan fingerprint density at radius 1 is 0.941 bits per heavy atom. The zero-order chi connectivity index (χ0) is 25.8. The molecule has 0 radical (unpaired) electrons. The number of aromatic amines is 1. The number of pyridine rings is 1. The summed E-state index contributed by atoms with van der Waals surface area (Å²) in [6.07, 6.45) is 3.94. The smallest absolute Gasteiger partial charge is 0.287 e. The van der Waals surface area contributed by atoms with E-state index < -0.39 is 16.8 Å². The highest BCUT2D eigenvalue weighted by Gasteiger charge is 2.30. The van der Waals surface area contributed by atoms with Crippen LogP contribution >= 0.6 is 0 Å². The number of carbonyl (C=O) groups is 1. The van der Waals surface area contributed by atoms with E-state index in [1.165, 1.54) is 25.1 Å². The Morgan fingerprint density at radius 3 is 2.03 bits per heavy atom. The van der Waals surface area contributed by atoms with E-state index in [0.29, 0.717) is 27.1 Å². The molecule has 0 atom stereocenters. The van der Waals surface area contributed by atoms with Crippen molar-refractivity contribution in [3.8, 4) is 5.75 Å². The number of hydrogen-bond donors (Lipinski definition) is 3. The number of unbranched alkanes of at least 4 members (excludes halogenated alkanes) is 1. The predicted molar refractivity (Wildman–Crippen MR) is 139 cm³/mol. The van der Waals surface area contributed by atoms with Crippen LogP contribution in [0, 0.1) is 0 Å². The summed E-state index contributed by atoms with van der Waals surface area (Å²) in [6, 6.07) is 10.1. The van der Waals surface area contributed by atoms with Gasteiger partial charge in [-0.15, -0.1) is 0 Å². The number of anilines is 1. The Labute approximate surface area is 202 Å². The van der Waals surface area contributed by atoms with E-state index in [1.807, 2.05) is 47.6 Å². The topological polar surface area (TPSA) is 93.6 Å². The van der Waals surface area contributed by atoms with Crippen LogP contribution < -0.4 is 10.5 Å². The predicted octanol–water partition coefficient (Wildman–Crippen LogP) is 6.67. The second-order valence-electron chi connectivity index (χ2n) is 10.6. The molecular formula is C28H38N2O4. The number of carbonyl (C=O) groups excluding carboxylic acids is 1. The minimum Gasteiger partial charge on any atom is -0.508 e. The van der Waals surface area contributed by atoms with Crippen molar-refractivity contribution >= 4 is 22.5 Å². The molecule has 1 aromatic heterocycles. The van der Waals surface area contributed by atoms with E-state index in [4.69, 9.17) is 0 Å². The molecule has 0 aliphatic carbocycles. The maximum Gasteiger partial charge on any atom is 0.287 e. The number of aromatic hydroxyl groups is 1. The molecule has 34 heavy (non-hydrogen) atoms. The summed E-state index contributed by atoms with van der Waals surface area (Å²) in [5.41, 5.74) is 0.717. The van der Waals surface area contributed by atoms with E-state index in [0.717, 1.165) is 0 Å². The van der Waals surface area contributed by atoms with Crippen LogP contribution in [-0.4, -0.2) is 21.2 Å². The molecule has 0 bridgehead atoms. The molecule has 3 aromatic rings. The molecule has 3 N–H and O–H groups in total. The third-order valence-electron chi connectivity index (χ3n) is 5.67. The first-order chi connectivity index (χ1) is 15.7. The fraction of sp³-hybridized carbons (Fsp3) is 0.429. The van der Waals surface area contributed by atoms with Gasteiger partial charge in [-0.05, 0) is 40.2 Å². The lowest BCUT2D eigenvalue weighted by Gasteiger charge is -2.30. The number of rotatable bonds is 3. The van der Waals surface area contributed by atoms with Crippen molar-refractivity contribution in [1.82, 2.24) is 4.98 Å². The zero-order valence-corrected chi connectivity index (χ0v) is 21.6. The third-order valence-corrected chi connectivity index (χ3v) is 5.67. The molecule has 0 fully saturated rings. The number of aromatic nitrogens is 1. The first kappa shape index (κ1) is 27.1. The van der Waals surface area contributed by atoms with Gasteiger partial charge < -0.3 is 10.1 Å². The Balaban J connectivity index is 0.000000945. The standard InChI is InChI=1S/C24H28N2O4.C4H10/c1-23(2,3)16-11-17(24(4,5)6)20(27)12-19(16)26(30)22(29)15-13-25-18-10-8-7-9-14(18)21(15)28;1-3-4-2/h7-13,27,30H,1-6H3,(H,25,28);3-4H2,1-2H3. The summed E-state index contributed by atoms with van der Waals surface area (Å²) >= 11 is 0. The van der Waals surface area contributed by atoms with E-state index in [-0.39, 0.29) is 22.4 Å². The average Bonchev–Trinajstić information content (AvgIpc) is 2.77. The SMILES string of the molecule is CC(C)(C)c1cc(C(C)(C)C)c(N(O)C(=O)c2c[nH]c3ccccc3c2=O)cc1O.CCCC. The molecule has 0 saturated carbocycles. The fourth-order valence-corrected chi connectivity index (χ4v) is 3.50. The van der Waals surface area contributed by atoms with Crippen LogP contribution in [0.4, 0.5) is 5.69 Å². The molecule has 0 aliphatic heterocycles. The van der Waals surface area contributed by atoms with E-state index >= 15 is 0 Å². The van der Waals surface area contributed by atoms with Crippen LogP contribution in [0.5, 0.6) is 5.75 Å². The van der Waals surface area contributed by atoms with E-state index in [9.17, 15) is 19.9 Å². The quantitative estimate of drug-likeness (QED) is 0.297. The van der Waals surface area contributed by atoms with Crippen molar-refractivity contribution in [2.75, 3.05) is 5.06 Å². The number of hydroxylamine groups is 1. The van der Waals surface area contributed by atoms with Crippen LogP contribution in [0.25, 0.3) is 10.9 Å². The highest BCUT2D eigenvalue weighted by atomic mass is 16.5. The van der Waals surface area contributed by atoms with Gasteiger partial charge in [0, 0.05) is 23.2 Å². The monoisotopic (exact) mass is 466 g/mol. The summed E-state index contributed by atoms with van der Waals surface area (Å²) in [7, 11) is 0. The summed E-state index contributed by atoms with van der Waals surface area (Å²) in [4.78, 5) is 28.8. The van der Waals surface area contributed by atoms with Crippen molar-refractivity contribution in [1.29, 1.82) is 0 Å². The fourth-order valence-electron chi connectivity index (χ4n) is 3.50. The lowest BCUT2D eigenvalue weighted by molar-refractivity contribution is 0.0852. The second kappa shape index (κ2) is 10.4. The first-order valence-corrected chi connectivity index (χ1v) is 11.8. The summed E-state index contributed by atoms with van der Waals surface area (Å²) < 4.78 is 0. The Morgan fingerprint density at radius 2 is 1.50 bits per heavy atom. The number of nitrogens with zero attached hydrogens (tertiary/aromatic N) is 1. The van der Waals surface area contributed by atoms with Crippen molar-refractivity contribution in [3.63, 3.8) is 0 Å². The van der Waals surface area contributed by atoms with Gasteiger partial charge in [-0.3, -0.25) is 14.8 Å². The number of phenolic OH excluding ortho intramolecular Hbond substituents is 1. The molecule has 6 nitrogen and oxygen atoms in total. The molecule has 1 amide bonds. The lowest BCUT2D eigenvalue weighted by atomic mass is 9.79. The number of para-hydroxylation sites is 1. The molecule has 0 saturated heterocycles. The number of H-pyrrole nitrogens is 1. The largest absolute Gasteiger partial charge is 0.508 e. The first-order valence-electron chi connectivity index (χ1n) is 11.8. The zero-order valence-electron chi connectivity index (χ0n) is 21.6. The second-order valence-corrected chi connectivity index (χ2v) is 10.6. The molecular weight excluding hydrogens is 428 g/mol. The highest BCUT2D eigenvalue weighted by molar-refractivity contribution is 6.06. The summed E-state index contributed by atoms with van der Waals surface area (Å²) in [5, 5.41) is 22.2. The van der Waals surface area contributed by atoms with Crippen LogP contribution in [-0.2, 0) is 10.8 Å². The van der Waals surface area contributed by atoms with Gasteiger partial charge in [0.05, 0.1) is 5.69 Å². The molecule has 0 spiro atoms. The van der Waals surface area contributed by atoms with Gasteiger partial charge in [-0.25, -0.2) is 0 Å². The molecule has 0 aliphatic rings. The van der Waals surface area contributed by atoms with Gasteiger partial charge in [0.2, 0.25) is 5.43 Å². The number of amides is 1. The van der Waals surface area contributed by atoms with Crippen molar-refractivity contribution in [3.05, 3.63) is 69.5 Å². The normalized spacial score (nSPS) is 11.7. The Kier molecular flexibility index (Phi) is 8.32. The molecule has 0 unspecified atom stereocenters. The van der Waals surface area contributed by atoms with Gasteiger partial charge in [0.15, 0.2) is 0 Å². The maximum absolute atomic E-state index is 13.1. The van der Waals surface area contributed by atoms with Crippen LogP contribution in [0.2, 0.25) is 0 Å². The number of hydrogen-bond acceptors (Lipinski definition) is 4.